The highest BCUT2D eigenvalue weighted by Gasteiger charge is 2.10. The largest absolute Gasteiger partial charge is 0.370 e. The lowest BCUT2D eigenvalue weighted by molar-refractivity contribution is -0.384. The van der Waals surface area contributed by atoms with Gasteiger partial charge < -0.3 is 5.73 Å². The third-order valence-corrected chi connectivity index (χ3v) is 2.26. The van der Waals surface area contributed by atoms with Gasteiger partial charge in [0.1, 0.15) is 0 Å². The van der Waals surface area contributed by atoms with Gasteiger partial charge in [0, 0.05) is 18.6 Å². The second kappa shape index (κ2) is 5.25. The first kappa shape index (κ1) is 12.2. The van der Waals surface area contributed by atoms with Crippen LogP contribution in [0.1, 0.15) is 18.9 Å². The van der Waals surface area contributed by atoms with E-state index in [2.05, 4.69) is 0 Å². The predicted octanol–water partition coefficient (Wildman–Crippen LogP) is 1.65. The maximum atomic E-state index is 10.7. The highest BCUT2D eigenvalue weighted by molar-refractivity contribution is 5.73. The van der Waals surface area contributed by atoms with Crippen LogP contribution in [0.2, 0.25) is 0 Å². The summed E-state index contributed by atoms with van der Waals surface area (Å²) in [6, 6.07) is 6.43. The molecule has 0 heterocycles. The molecule has 2 N–H and O–H groups in total. The van der Waals surface area contributed by atoms with Crippen LogP contribution in [0, 0.1) is 16.0 Å². The van der Waals surface area contributed by atoms with E-state index in [0.717, 1.165) is 5.56 Å². The molecule has 1 amide bonds. The molecule has 1 aromatic carbocycles. The number of hydrogen-bond donors (Lipinski definition) is 1. The van der Waals surface area contributed by atoms with Crippen LogP contribution in [-0.2, 0) is 11.2 Å². The van der Waals surface area contributed by atoms with E-state index in [1.165, 1.54) is 12.1 Å². The molecule has 0 bridgehead atoms. The molecule has 0 spiro atoms. The van der Waals surface area contributed by atoms with Crippen molar-refractivity contribution in [2.24, 2.45) is 11.7 Å². The highest BCUT2D eigenvalue weighted by atomic mass is 16.6. The summed E-state index contributed by atoms with van der Waals surface area (Å²) in [7, 11) is 0. The molecule has 1 unspecified atom stereocenters. The molecular weight excluding hydrogens is 208 g/mol. The zero-order valence-electron chi connectivity index (χ0n) is 9.05. The van der Waals surface area contributed by atoms with Gasteiger partial charge in [0.2, 0.25) is 5.91 Å². The first-order chi connectivity index (χ1) is 7.49. The smallest absolute Gasteiger partial charge is 0.269 e. The van der Waals surface area contributed by atoms with Gasteiger partial charge >= 0.3 is 0 Å². The van der Waals surface area contributed by atoms with Crippen molar-refractivity contribution >= 4 is 11.6 Å². The van der Waals surface area contributed by atoms with Crippen molar-refractivity contribution in [2.75, 3.05) is 0 Å². The lowest BCUT2D eigenvalue weighted by atomic mass is 9.97. The van der Waals surface area contributed by atoms with Crippen LogP contribution in [0.3, 0.4) is 0 Å². The Balaban J connectivity index is 2.70. The molecule has 0 aliphatic heterocycles. The monoisotopic (exact) mass is 222 g/mol. The quantitative estimate of drug-likeness (QED) is 0.607. The molecule has 1 rings (SSSR count). The van der Waals surface area contributed by atoms with Gasteiger partial charge in [-0.25, -0.2) is 0 Å². The summed E-state index contributed by atoms with van der Waals surface area (Å²) in [6.07, 6.45) is 0.910. The fourth-order valence-corrected chi connectivity index (χ4v) is 1.61. The molecule has 86 valence electrons. The number of nitro groups is 1. The Labute approximate surface area is 93.4 Å². The molecule has 0 fully saturated rings. The zero-order valence-corrected chi connectivity index (χ0v) is 9.05. The van der Waals surface area contributed by atoms with Crippen LogP contribution in [0.15, 0.2) is 24.3 Å². The van der Waals surface area contributed by atoms with Crippen LogP contribution in [-0.4, -0.2) is 10.8 Å². The number of carbonyl (C=O) groups excluding carboxylic acids is 1. The Bertz CT molecular complexity index is 404. The van der Waals surface area contributed by atoms with Gasteiger partial charge in [-0.15, -0.1) is 0 Å². The van der Waals surface area contributed by atoms with Gasteiger partial charge in [0.25, 0.3) is 5.69 Å². The summed E-state index contributed by atoms with van der Waals surface area (Å²) in [6.45, 7) is 1.89. The van der Waals surface area contributed by atoms with Crippen molar-refractivity contribution in [1.29, 1.82) is 0 Å². The third kappa shape index (κ3) is 3.68. The summed E-state index contributed by atoms with van der Waals surface area (Å²) < 4.78 is 0. The molecule has 0 radical (unpaired) electrons. The minimum atomic E-state index is -0.428. The number of nitrogens with zero attached hydrogens (tertiary/aromatic N) is 1. The molecule has 0 aromatic heterocycles. The normalized spacial score (nSPS) is 12.1. The van der Waals surface area contributed by atoms with Gasteiger partial charge in [-0.1, -0.05) is 19.1 Å². The lowest BCUT2D eigenvalue weighted by Crippen LogP contribution is -2.15. The number of non-ortho nitro benzene ring substituents is 1. The highest BCUT2D eigenvalue weighted by Crippen LogP contribution is 2.17. The van der Waals surface area contributed by atoms with Crippen LogP contribution in [0.4, 0.5) is 5.69 Å². The van der Waals surface area contributed by atoms with Crippen molar-refractivity contribution in [3.8, 4) is 0 Å². The van der Waals surface area contributed by atoms with Crippen LogP contribution in [0.25, 0.3) is 0 Å². The Morgan fingerprint density at radius 3 is 2.81 bits per heavy atom. The van der Waals surface area contributed by atoms with Crippen LogP contribution >= 0.6 is 0 Å². The van der Waals surface area contributed by atoms with Gasteiger partial charge in [-0.3, -0.25) is 14.9 Å². The van der Waals surface area contributed by atoms with Crippen molar-refractivity contribution in [1.82, 2.24) is 0 Å². The molecule has 5 heteroatoms. The molecule has 0 saturated heterocycles. The number of primary amides is 1. The number of rotatable bonds is 5. The first-order valence-electron chi connectivity index (χ1n) is 5.00. The number of carbonyl (C=O) groups is 1. The second-order valence-electron chi connectivity index (χ2n) is 3.91. The first-order valence-corrected chi connectivity index (χ1v) is 5.00. The molecular formula is C11H14N2O3. The van der Waals surface area contributed by atoms with Crippen LogP contribution < -0.4 is 5.73 Å². The lowest BCUT2D eigenvalue weighted by Gasteiger charge is -2.08. The van der Waals surface area contributed by atoms with E-state index in [9.17, 15) is 14.9 Å². The maximum absolute atomic E-state index is 10.7. The van der Waals surface area contributed by atoms with Gasteiger partial charge in [0.05, 0.1) is 4.92 Å². The fourth-order valence-electron chi connectivity index (χ4n) is 1.61. The van der Waals surface area contributed by atoms with E-state index in [4.69, 9.17) is 5.73 Å². The van der Waals surface area contributed by atoms with Crippen molar-refractivity contribution in [3.05, 3.63) is 39.9 Å². The second-order valence-corrected chi connectivity index (χ2v) is 3.91. The zero-order chi connectivity index (χ0) is 12.1. The van der Waals surface area contributed by atoms with E-state index in [1.807, 2.05) is 13.0 Å². The topological polar surface area (TPSA) is 86.2 Å². The van der Waals surface area contributed by atoms with Crippen molar-refractivity contribution < 1.29 is 9.72 Å². The number of nitrogens with two attached hydrogens (primary N) is 1. The Morgan fingerprint density at radius 2 is 2.25 bits per heavy atom. The SMILES string of the molecule is CC(CC(N)=O)Cc1cccc([N+](=O)[O-])c1. The fraction of sp³-hybridized carbons (Fsp3) is 0.364. The Kier molecular flexibility index (Phi) is 3.99. The average Bonchev–Trinajstić information content (AvgIpc) is 2.16. The van der Waals surface area contributed by atoms with E-state index in [0.29, 0.717) is 12.8 Å². The minimum absolute atomic E-state index is 0.0729. The number of benzene rings is 1. The summed E-state index contributed by atoms with van der Waals surface area (Å²) in [4.78, 5) is 20.8. The Morgan fingerprint density at radius 1 is 1.56 bits per heavy atom. The van der Waals surface area contributed by atoms with E-state index >= 15 is 0 Å². The van der Waals surface area contributed by atoms with E-state index in [1.54, 1.807) is 6.07 Å². The molecule has 1 atom stereocenters. The summed E-state index contributed by atoms with van der Waals surface area (Å²) in [5.74, 6) is -0.252. The molecule has 0 aliphatic rings. The summed E-state index contributed by atoms with van der Waals surface area (Å²) in [5.41, 5.74) is 6.00. The molecule has 0 aliphatic carbocycles. The standard InChI is InChI=1S/C11H14N2O3/c1-8(6-11(12)14)5-9-3-2-4-10(7-9)13(15)16/h2-4,7-8H,5-6H2,1H3,(H2,12,14). The molecule has 1 aromatic rings. The maximum Gasteiger partial charge on any atom is 0.269 e. The third-order valence-electron chi connectivity index (χ3n) is 2.26. The predicted molar refractivity (Wildman–Crippen MR) is 59.8 cm³/mol. The summed E-state index contributed by atoms with van der Waals surface area (Å²) >= 11 is 0. The average molecular weight is 222 g/mol. The van der Waals surface area contributed by atoms with Crippen molar-refractivity contribution in [3.63, 3.8) is 0 Å². The van der Waals surface area contributed by atoms with Crippen molar-refractivity contribution in [2.45, 2.75) is 19.8 Å². The molecule has 0 saturated carbocycles. The molecule has 5 nitrogen and oxygen atoms in total. The number of amides is 1. The van der Waals surface area contributed by atoms with E-state index < -0.39 is 4.92 Å². The van der Waals surface area contributed by atoms with Gasteiger partial charge in [-0.2, -0.15) is 0 Å². The number of nitro benzene ring substituents is 1. The van der Waals surface area contributed by atoms with Gasteiger partial charge in [-0.05, 0) is 17.9 Å². The van der Waals surface area contributed by atoms with E-state index in [-0.39, 0.29) is 17.5 Å². The summed E-state index contributed by atoms with van der Waals surface area (Å²) in [5, 5.41) is 10.5. The number of hydrogen-bond acceptors (Lipinski definition) is 3. The van der Waals surface area contributed by atoms with Gasteiger partial charge in [0.15, 0.2) is 0 Å². The van der Waals surface area contributed by atoms with Crippen LogP contribution in [0.5, 0.6) is 0 Å². The Hall–Kier alpha value is -1.91. The minimum Gasteiger partial charge on any atom is -0.370 e. The molecule has 16 heavy (non-hydrogen) atoms.